The number of fused-ring (bicyclic) bond motifs is 1. The summed E-state index contributed by atoms with van der Waals surface area (Å²) < 4.78 is 11.7. The van der Waals surface area contributed by atoms with Gasteiger partial charge in [0.2, 0.25) is 0 Å². The second kappa shape index (κ2) is 7.24. The molecule has 0 bridgehead atoms. The quantitative estimate of drug-likeness (QED) is 0.437. The Morgan fingerprint density at radius 1 is 1.04 bits per heavy atom. The van der Waals surface area contributed by atoms with Gasteiger partial charge in [-0.15, -0.1) is 0 Å². The highest BCUT2D eigenvalue weighted by molar-refractivity contribution is 6.74. The lowest BCUT2D eigenvalue weighted by atomic mass is 10.0. The number of carbonyl (C=O) groups is 2. The van der Waals surface area contributed by atoms with Crippen LogP contribution >= 0.6 is 0 Å². The van der Waals surface area contributed by atoms with E-state index in [2.05, 4.69) is 38.8 Å². The van der Waals surface area contributed by atoms with E-state index in [0.29, 0.717) is 5.56 Å². The number of aromatic amines is 1. The Morgan fingerprint density at radius 2 is 1.63 bits per heavy atom. The topological polar surface area (TPSA) is 68.4 Å². The Balaban J connectivity index is 2.49. The number of H-pyrrole nitrogens is 1. The van der Waals surface area contributed by atoms with Gasteiger partial charge >= 0.3 is 5.97 Å². The standard InChI is InChI=1S/C21H31NO4Si/c1-20(2,3)25-19(24)17(23)18(26-27(7,8)21(4,5)6)15-13-22-16-12-10-9-11-14(15)16/h9-13,18,22H,1-8H3. The smallest absolute Gasteiger partial charge is 0.378 e. The number of aromatic nitrogens is 1. The van der Waals surface area contributed by atoms with E-state index in [-0.39, 0.29) is 5.04 Å². The second-order valence-electron chi connectivity index (χ2n) is 9.41. The summed E-state index contributed by atoms with van der Waals surface area (Å²) in [6.07, 6.45) is 0.766. The molecule has 148 valence electrons. The predicted molar refractivity (Wildman–Crippen MR) is 110 cm³/mol. The number of rotatable bonds is 5. The van der Waals surface area contributed by atoms with Crippen LogP contribution in [-0.4, -0.2) is 30.7 Å². The van der Waals surface area contributed by atoms with Gasteiger partial charge in [0.1, 0.15) is 11.7 Å². The van der Waals surface area contributed by atoms with Gasteiger partial charge in [0, 0.05) is 22.7 Å². The molecular formula is C21H31NO4Si. The Morgan fingerprint density at radius 3 is 2.19 bits per heavy atom. The summed E-state index contributed by atoms with van der Waals surface area (Å²) in [4.78, 5) is 28.8. The van der Waals surface area contributed by atoms with Crippen molar-refractivity contribution in [3.05, 3.63) is 36.0 Å². The van der Waals surface area contributed by atoms with Gasteiger partial charge in [0.15, 0.2) is 8.32 Å². The minimum Gasteiger partial charge on any atom is -0.454 e. The summed E-state index contributed by atoms with van der Waals surface area (Å²) in [5, 5.41) is 0.768. The van der Waals surface area contributed by atoms with Gasteiger partial charge in [-0.25, -0.2) is 4.79 Å². The fraction of sp³-hybridized carbons (Fsp3) is 0.524. The van der Waals surface area contributed by atoms with Crippen LogP contribution in [0.2, 0.25) is 18.1 Å². The third-order valence-electron chi connectivity index (χ3n) is 4.96. The molecule has 0 radical (unpaired) electrons. The maximum Gasteiger partial charge on any atom is 0.378 e. The van der Waals surface area contributed by atoms with Crippen LogP contribution in [0.3, 0.4) is 0 Å². The SMILES string of the molecule is CC(C)(C)OC(=O)C(=O)C(O[Si](C)(C)C(C)(C)C)c1c[nH]c2ccccc12. The van der Waals surface area contributed by atoms with Crippen LogP contribution in [-0.2, 0) is 18.8 Å². The lowest BCUT2D eigenvalue weighted by molar-refractivity contribution is -0.165. The first-order valence-corrected chi connectivity index (χ1v) is 12.1. The van der Waals surface area contributed by atoms with E-state index >= 15 is 0 Å². The minimum atomic E-state index is -2.32. The van der Waals surface area contributed by atoms with Crippen molar-refractivity contribution in [2.24, 2.45) is 0 Å². The molecule has 1 unspecified atom stereocenters. The lowest BCUT2D eigenvalue weighted by Crippen LogP contribution is -2.44. The zero-order valence-electron chi connectivity index (χ0n) is 17.6. The number of esters is 1. The van der Waals surface area contributed by atoms with Crippen LogP contribution in [0.5, 0.6) is 0 Å². The summed E-state index contributed by atoms with van der Waals surface area (Å²) in [6.45, 7) is 15.7. The molecule has 27 heavy (non-hydrogen) atoms. The van der Waals surface area contributed by atoms with Crippen molar-refractivity contribution < 1.29 is 18.8 Å². The number of hydrogen-bond acceptors (Lipinski definition) is 4. The number of nitrogens with one attached hydrogen (secondary N) is 1. The molecule has 6 heteroatoms. The van der Waals surface area contributed by atoms with Crippen molar-refractivity contribution in [3.8, 4) is 0 Å². The minimum absolute atomic E-state index is 0.106. The number of para-hydroxylation sites is 1. The number of Topliss-reactive ketones (excluding diaryl/α,β-unsaturated/α-hetero) is 1. The molecule has 0 fully saturated rings. The first-order valence-electron chi connectivity index (χ1n) is 9.24. The van der Waals surface area contributed by atoms with Crippen LogP contribution in [0.25, 0.3) is 10.9 Å². The van der Waals surface area contributed by atoms with Crippen molar-refractivity contribution >= 4 is 31.0 Å². The van der Waals surface area contributed by atoms with E-state index in [1.54, 1.807) is 27.0 Å². The Kier molecular flexibility index (Phi) is 5.73. The molecule has 0 aliphatic carbocycles. The molecule has 0 saturated heterocycles. The number of carbonyl (C=O) groups excluding carboxylic acids is 2. The largest absolute Gasteiger partial charge is 0.454 e. The average molecular weight is 390 g/mol. The number of ketones is 1. The molecule has 0 aliphatic rings. The highest BCUT2D eigenvalue weighted by Gasteiger charge is 2.43. The number of ether oxygens (including phenoxy) is 1. The maximum absolute atomic E-state index is 13.1. The van der Waals surface area contributed by atoms with Gasteiger partial charge in [-0.1, -0.05) is 39.0 Å². The van der Waals surface area contributed by atoms with Gasteiger partial charge < -0.3 is 14.1 Å². The fourth-order valence-electron chi connectivity index (χ4n) is 2.48. The van der Waals surface area contributed by atoms with E-state index in [9.17, 15) is 9.59 Å². The lowest BCUT2D eigenvalue weighted by Gasteiger charge is -2.38. The second-order valence-corrected chi connectivity index (χ2v) is 14.2. The van der Waals surface area contributed by atoms with Crippen LogP contribution in [0.1, 0.15) is 53.2 Å². The molecule has 1 aromatic carbocycles. The van der Waals surface area contributed by atoms with Crippen molar-refractivity contribution in [2.45, 2.75) is 71.4 Å². The van der Waals surface area contributed by atoms with Crippen molar-refractivity contribution in [2.75, 3.05) is 0 Å². The summed E-state index contributed by atoms with van der Waals surface area (Å²) in [5.41, 5.74) is 0.827. The van der Waals surface area contributed by atoms with E-state index < -0.39 is 31.8 Å². The third-order valence-corrected chi connectivity index (χ3v) is 9.40. The normalized spacial score (nSPS) is 14.2. The highest BCUT2D eigenvalue weighted by atomic mass is 28.4. The predicted octanol–water partition coefficient (Wildman–Crippen LogP) is 5.14. The van der Waals surface area contributed by atoms with Gasteiger partial charge in [-0.2, -0.15) is 0 Å². The molecule has 2 aromatic rings. The van der Waals surface area contributed by atoms with Crippen molar-refractivity contribution in [1.82, 2.24) is 4.98 Å². The van der Waals surface area contributed by atoms with E-state index in [1.807, 2.05) is 24.3 Å². The summed E-state index contributed by atoms with van der Waals surface area (Å²) >= 11 is 0. The highest BCUT2D eigenvalue weighted by Crippen LogP contribution is 2.41. The Bertz CT molecular complexity index is 840. The van der Waals surface area contributed by atoms with E-state index in [4.69, 9.17) is 9.16 Å². The summed E-state index contributed by atoms with van der Waals surface area (Å²) in [6, 6.07) is 7.68. The molecule has 1 N–H and O–H groups in total. The molecule has 0 spiro atoms. The van der Waals surface area contributed by atoms with Gasteiger partial charge in [-0.05, 0) is 45.0 Å². The summed E-state index contributed by atoms with van der Waals surface area (Å²) in [5.74, 6) is -1.53. The fourth-order valence-corrected chi connectivity index (χ4v) is 3.65. The van der Waals surface area contributed by atoms with Crippen molar-refractivity contribution in [3.63, 3.8) is 0 Å². The van der Waals surface area contributed by atoms with Crippen LogP contribution < -0.4 is 0 Å². The monoisotopic (exact) mass is 389 g/mol. The first-order chi connectivity index (χ1) is 12.2. The van der Waals surface area contributed by atoms with E-state index in [0.717, 1.165) is 10.9 Å². The molecule has 2 rings (SSSR count). The molecule has 0 amide bonds. The zero-order chi connectivity index (χ0) is 20.6. The molecule has 1 aromatic heterocycles. The summed E-state index contributed by atoms with van der Waals surface area (Å²) in [7, 11) is -2.32. The van der Waals surface area contributed by atoms with Crippen LogP contribution in [0.15, 0.2) is 30.5 Å². The maximum atomic E-state index is 13.1. The first kappa shape index (κ1) is 21.4. The van der Waals surface area contributed by atoms with Gasteiger partial charge in [0.25, 0.3) is 5.78 Å². The van der Waals surface area contributed by atoms with Crippen molar-refractivity contribution in [1.29, 1.82) is 0 Å². The Hall–Kier alpha value is -1.92. The molecule has 1 heterocycles. The molecular weight excluding hydrogens is 358 g/mol. The molecule has 0 aliphatic heterocycles. The van der Waals surface area contributed by atoms with E-state index in [1.165, 1.54) is 0 Å². The van der Waals surface area contributed by atoms with Gasteiger partial charge in [-0.3, -0.25) is 4.79 Å². The molecule has 5 nitrogen and oxygen atoms in total. The van der Waals surface area contributed by atoms with Crippen LogP contribution in [0.4, 0.5) is 0 Å². The number of hydrogen-bond donors (Lipinski definition) is 1. The average Bonchev–Trinajstić information content (AvgIpc) is 2.93. The van der Waals surface area contributed by atoms with Crippen LogP contribution in [0, 0.1) is 0 Å². The Labute approximate surface area is 162 Å². The number of benzene rings is 1. The third kappa shape index (κ3) is 4.87. The molecule has 1 atom stereocenters. The molecule has 0 saturated carbocycles. The zero-order valence-corrected chi connectivity index (χ0v) is 18.6. The van der Waals surface area contributed by atoms with Gasteiger partial charge in [0.05, 0.1) is 0 Å².